The standard InChI is InChI=1S/C17H15F3O4/c1-16(2,17(18,19)20)10-23-14(21)15(22)24-13-8-7-11-5-3-4-6-12(11)9-13/h3-9H,10H2,1-2H3. The molecule has 0 N–H and O–H groups in total. The smallest absolute Gasteiger partial charge is 0.422 e. The SMILES string of the molecule is CC(C)(COC(=O)C(=O)Oc1ccc2ccccc2c1)C(F)(F)F. The van der Waals surface area contributed by atoms with Crippen molar-refractivity contribution in [3.05, 3.63) is 42.5 Å². The van der Waals surface area contributed by atoms with E-state index in [1.54, 1.807) is 24.3 Å². The molecule has 7 heteroatoms. The lowest BCUT2D eigenvalue weighted by Crippen LogP contribution is -2.38. The van der Waals surface area contributed by atoms with Crippen LogP contribution < -0.4 is 4.74 Å². The first-order valence-corrected chi connectivity index (χ1v) is 7.05. The summed E-state index contributed by atoms with van der Waals surface area (Å²) in [7, 11) is 0. The van der Waals surface area contributed by atoms with E-state index in [0.717, 1.165) is 24.6 Å². The predicted molar refractivity (Wildman–Crippen MR) is 80.4 cm³/mol. The molecule has 0 fully saturated rings. The van der Waals surface area contributed by atoms with E-state index in [1.807, 2.05) is 12.1 Å². The largest absolute Gasteiger partial charge is 0.456 e. The number of esters is 2. The first-order valence-electron chi connectivity index (χ1n) is 7.05. The Labute approximate surface area is 136 Å². The second kappa shape index (κ2) is 6.51. The average Bonchev–Trinajstić information content (AvgIpc) is 2.51. The first-order chi connectivity index (χ1) is 11.1. The van der Waals surface area contributed by atoms with Crippen molar-refractivity contribution in [2.24, 2.45) is 5.41 Å². The Hall–Kier alpha value is -2.57. The van der Waals surface area contributed by atoms with E-state index in [0.29, 0.717) is 0 Å². The molecule has 2 aromatic carbocycles. The van der Waals surface area contributed by atoms with Crippen molar-refractivity contribution in [2.45, 2.75) is 20.0 Å². The van der Waals surface area contributed by atoms with Crippen molar-refractivity contribution in [3.8, 4) is 5.75 Å². The number of benzene rings is 2. The number of rotatable bonds is 3. The van der Waals surface area contributed by atoms with Gasteiger partial charge in [-0.25, -0.2) is 9.59 Å². The van der Waals surface area contributed by atoms with Crippen molar-refractivity contribution in [3.63, 3.8) is 0 Å². The maximum absolute atomic E-state index is 12.7. The maximum Gasteiger partial charge on any atom is 0.422 e. The molecule has 2 rings (SSSR count). The zero-order valence-corrected chi connectivity index (χ0v) is 13.0. The van der Waals surface area contributed by atoms with Crippen molar-refractivity contribution in [2.75, 3.05) is 6.61 Å². The van der Waals surface area contributed by atoms with Crippen molar-refractivity contribution < 1.29 is 32.2 Å². The third-order valence-electron chi connectivity index (χ3n) is 3.43. The summed E-state index contributed by atoms with van der Waals surface area (Å²) < 4.78 is 47.3. The third kappa shape index (κ3) is 4.04. The number of halogens is 3. The summed E-state index contributed by atoms with van der Waals surface area (Å²) in [6, 6.07) is 12.0. The Morgan fingerprint density at radius 3 is 2.21 bits per heavy atom. The zero-order chi connectivity index (χ0) is 18.0. The van der Waals surface area contributed by atoms with Crippen LogP contribution in [0.2, 0.25) is 0 Å². The molecule has 0 aliphatic rings. The Morgan fingerprint density at radius 1 is 0.958 bits per heavy atom. The summed E-state index contributed by atoms with van der Waals surface area (Å²) in [6.07, 6.45) is -4.56. The highest BCUT2D eigenvalue weighted by molar-refractivity contribution is 6.30. The lowest BCUT2D eigenvalue weighted by molar-refractivity contribution is -0.226. The van der Waals surface area contributed by atoms with Crippen LogP contribution in [-0.2, 0) is 14.3 Å². The number of carbonyl (C=O) groups is 2. The van der Waals surface area contributed by atoms with Crippen LogP contribution in [-0.4, -0.2) is 24.7 Å². The molecule has 24 heavy (non-hydrogen) atoms. The van der Waals surface area contributed by atoms with Gasteiger partial charge in [-0.1, -0.05) is 30.3 Å². The molecule has 0 amide bonds. The van der Waals surface area contributed by atoms with Crippen LogP contribution in [0, 0.1) is 5.41 Å². The highest BCUT2D eigenvalue weighted by Gasteiger charge is 2.48. The number of fused-ring (bicyclic) bond motifs is 1. The van der Waals surface area contributed by atoms with Gasteiger partial charge in [0.25, 0.3) is 0 Å². The van der Waals surface area contributed by atoms with E-state index in [2.05, 4.69) is 4.74 Å². The summed E-state index contributed by atoms with van der Waals surface area (Å²) in [4.78, 5) is 23.2. The van der Waals surface area contributed by atoms with Crippen LogP contribution in [0.15, 0.2) is 42.5 Å². The molecule has 128 valence electrons. The Kier molecular flexibility index (Phi) is 4.82. The molecule has 4 nitrogen and oxygen atoms in total. The molecule has 2 aromatic rings. The molecule has 0 bridgehead atoms. The number of ether oxygens (including phenoxy) is 2. The van der Waals surface area contributed by atoms with Crippen LogP contribution in [0.3, 0.4) is 0 Å². The lowest BCUT2D eigenvalue weighted by Gasteiger charge is -2.26. The Balaban J connectivity index is 1.99. The van der Waals surface area contributed by atoms with Gasteiger partial charge in [0.2, 0.25) is 0 Å². The quantitative estimate of drug-likeness (QED) is 0.483. The number of hydrogen-bond acceptors (Lipinski definition) is 4. The van der Waals surface area contributed by atoms with Crippen LogP contribution in [0.4, 0.5) is 13.2 Å². The summed E-state index contributed by atoms with van der Waals surface area (Å²) in [6.45, 7) is 0.770. The van der Waals surface area contributed by atoms with Gasteiger partial charge in [-0.15, -0.1) is 0 Å². The van der Waals surface area contributed by atoms with Gasteiger partial charge in [0.1, 0.15) is 12.4 Å². The number of hydrogen-bond donors (Lipinski definition) is 0. The minimum atomic E-state index is -4.56. The molecule has 0 aliphatic heterocycles. The van der Waals surface area contributed by atoms with Crippen molar-refractivity contribution >= 4 is 22.7 Å². The Morgan fingerprint density at radius 2 is 1.58 bits per heavy atom. The third-order valence-corrected chi connectivity index (χ3v) is 3.43. The van der Waals surface area contributed by atoms with E-state index >= 15 is 0 Å². The Bertz CT molecular complexity index is 766. The molecule has 0 saturated heterocycles. The normalized spacial score (nSPS) is 12.0. The van der Waals surface area contributed by atoms with Crippen LogP contribution in [0.1, 0.15) is 13.8 Å². The van der Waals surface area contributed by atoms with Gasteiger partial charge in [-0.3, -0.25) is 0 Å². The minimum Gasteiger partial charge on any atom is -0.456 e. The molecule has 0 heterocycles. The molecular weight excluding hydrogens is 325 g/mol. The predicted octanol–water partition coefficient (Wildman–Crippen LogP) is 3.88. The highest BCUT2D eigenvalue weighted by Crippen LogP contribution is 2.37. The molecule has 0 radical (unpaired) electrons. The van der Waals surface area contributed by atoms with Gasteiger partial charge in [0, 0.05) is 0 Å². The van der Waals surface area contributed by atoms with Gasteiger partial charge in [-0.2, -0.15) is 13.2 Å². The highest BCUT2D eigenvalue weighted by atomic mass is 19.4. The molecule has 0 saturated carbocycles. The summed E-state index contributed by atoms with van der Waals surface area (Å²) in [5.74, 6) is -2.74. The number of alkyl halides is 3. The van der Waals surface area contributed by atoms with Crippen molar-refractivity contribution in [1.82, 2.24) is 0 Å². The van der Waals surface area contributed by atoms with E-state index < -0.39 is 30.1 Å². The van der Waals surface area contributed by atoms with Gasteiger partial charge >= 0.3 is 18.1 Å². The molecular formula is C17H15F3O4. The average molecular weight is 340 g/mol. The fraction of sp³-hybridized carbons (Fsp3) is 0.294. The van der Waals surface area contributed by atoms with Gasteiger partial charge < -0.3 is 9.47 Å². The van der Waals surface area contributed by atoms with E-state index in [-0.39, 0.29) is 5.75 Å². The summed E-state index contributed by atoms with van der Waals surface area (Å²) in [5.41, 5.74) is -2.26. The van der Waals surface area contributed by atoms with Crippen LogP contribution in [0.25, 0.3) is 10.8 Å². The van der Waals surface area contributed by atoms with Crippen molar-refractivity contribution in [1.29, 1.82) is 0 Å². The van der Waals surface area contributed by atoms with Gasteiger partial charge in [-0.05, 0) is 36.8 Å². The fourth-order valence-corrected chi connectivity index (χ4v) is 1.77. The first kappa shape index (κ1) is 17.8. The second-order valence-electron chi connectivity index (χ2n) is 5.86. The number of carbonyl (C=O) groups excluding carboxylic acids is 2. The van der Waals surface area contributed by atoms with Crippen LogP contribution >= 0.6 is 0 Å². The minimum absolute atomic E-state index is 0.103. The van der Waals surface area contributed by atoms with Gasteiger partial charge in [0.05, 0.1) is 5.41 Å². The topological polar surface area (TPSA) is 52.6 Å². The fourth-order valence-electron chi connectivity index (χ4n) is 1.77. The lowest BCUT2D eigenvalue weighted by atomic mass is 9.94. The second-order valence-corrected chi connectivity index (χ2v) is 5.86. The van der Waals surface area contributed by atoms with E-state index in [4.69, 9.17) is 4.74 Å². The molecule has 0 atom stereocenters. The molecule has 0 aliphatic carbocycles. The maximum atomic E-state index is 12.7. The molecule has 0 spiro atoms. The van der Waals surface area contributed by atoms with Gasteiger partial charge in [0.15, 0.2) is 0 Å². The molecule has 0 unspecified atom stereocenters. The van der Waals surface area contributed by atoms with E-state index in [1.165, 1.54) is 6.07 Å². The summed E-state index contributed by atoms with van der Waals surface area (Å²) >= 11 is 0. The zero-order valence-electron chi connectivity index (χ0n) is 13.0. The summed E-state index contributed by atoms with van der Waals surface area (Å²) in [5, 5.41) is 1.70. The van der Waals surface area contributed by atoms with E-state index in [9.17, 15) is 22.8 Å². The molecule has 0 aromatic heterocycles. The monoisotopic (exact) mass is 340 g/mol. The van der Waals surface area contributed by atoms with Crippen LogP contribution in [0.5, 0.6) is 5.75 Å².